The fourth-order valence-electron chi connectivity index (χ4n) is 2.33. The van der Waals surface area contributed by atoms with E-state index in [1.807, 2.05) is 18.3 Å². The first-order valence-corrected chi connectivity index (χ1v) is 7.06. The molecule has 0 saturated heterocycles. The van der Waals surface area contributed by atoms with Crippen LogP contribution in [0.25, 0.3) is 0 Å². The Bertz CT molecular complexity index is 515. The second kappa shape index (κ2) is 5.54. The van der Waals surface area contributed by atoms with Crippen molar-refractivity contribution >= 4 is 0 Å². The molecule has 2 aromatic rings. The van der Waals surface area contributed by atoms with E-state index in [0.29, 0.717) is 0 Å². The minimum absolute atomic E-state index is 0.282. The molecule has 0 radical (unpaired) electrons. The van der Waals surface area contributed by atoms with Gasteiger partial charge in [-0.2, -0.15) is 0 Å². The highest BCUT2D eigenvalue weighted by Gasteiger charge is 2.22. The molecule has 0 amide bonds. The summed E-state index contributed by atoms with van der Waals surface area (Å²) in [6.45, 7) is 3.05. The second-order valence-electron chi connectivity index (χ2n) is 5.37. The van der Waals surface area contributed by atoms with Crippen molar-refractivity contribution in [2.45, 2.75) is 38.3 Å². The third-order valence-electron chi connectivity index (χ3n) is 3.77. The zero-order valence-electron chi connectivity index (χ0n) is 11.3. The Morgan fingerprint density at radius 3 is 2.58 bits per heavy atom. The third kappa shape index (κ3) is 3.21. The zero-order valence-corrected chi connectivity index (χ0v) is 11.3. The smallest absolute Gasteiger partial charge is 0.0570 e. The molecule has 19 heavy (non-hydrogen) atoms. The van der Waals surface area contributed by atoms with Gasteiger partial charge in [0.1, 0.15) is 0 Å². The van der Waals surface area contributed by atoms with Gasteiger partial charge in [-0.25, -0.2) is 0 Å². The van der Waals surface area contributed by atoms with E-state index in [0.717, 1.165) is 18.2 Å². The molecule has 1 aliphatic carbocycles. The van der Waals surface area contributed by atoms with Gasteiger partial charge >= 0.3 is 0 Å². The predicted molar refractivity (Wildman–Crippen MR) is 77.9 cm³/mol. The maximum atomic E-state index is 4.37. The van der Waals surface area contributed by atoms with Gasteiger partial charge in [0, 0.05) is 18.8 Å². The summed E-state index contributed by atoms with van der Waals surface area (Å²) in [7, 11) is 0. The highest BCUT2D eigenvalue weighted by Crippen LogP contribution is 2.39. The van der Waals surface area contributed by atoms with Crippen molar-refractivity contribution in [1.29, 1.82) is 0 Å². The van der Waals surface area contributed by atoms with E-state index in [2.05, 4.69) is 47.6 Å². The summed E-state index contributed by atoms with van der Waals surface area (Å²) in [6.07, 6.45) is 4.58. The second-order valence-corrected chi connectivity index (χ2v) is 5.37. The molecule has 1 aromatic carbocycles. The highest BCUT2D eigenvalue weighted by atomic mass is 14.9. The number of hydrogen-bond donors (Lipinski definition) is 1. The Morgan fingerprint density at radius 1 is 1.16 bits per heavy atom. The van der Waals surface area contributed by atoms with Crippen molar-refractivity contribution in [3.63, 3.8) is 0 Å². The average molecular weight is 252 g/mol. The fraction of sp³-hybridized carbons (Fsp3) is 0.353. The zero-order chi connectivity index (χ0) is 13.1. The van der Waals surface area contributed by atoms with Crippen LogP contribution in [-0.4, -0.2) is 4.98 Å². The van der Waals surface area contributed by atoms with Gasteiger partial charge in [-0.3, -0.25) is 4.98 Å². The lowest BCUT2D eigenvalue weighted by Crippen LogP contribution is -2.18. The van der Waals surface area contributed by atoms with Crippen molar-refractivity contribution in [1.82, 2.24) is 10.3 Å². The number of pyridine rings is 1. The Hall–Kier alpha value is -1.67. The molecule has 98 valence electrons. The van der Waals surface area contributed by atoms with Gasteiger partial charge in [0.25, 0.3) is 0 Å². The van der Waals surface area contributed by atoms with Gasteiger partial charge in [-0.15, -0.1) is 0 Å². The van der Waals surface area contributed by atoms with Crippen LogP contribution in [0.5, 0.6) is 0 Å². The normalized spacial score (nSPS) is 16.3. The number of rotatable bonds is 5. The molecule has 0 unspecified atom stereocenters. The summed E-state index contributed by atoms with van der Waals surface area (Å²) in [5, 5.41) is 3.52. The van der Waals surface area contributed by atoms with Crippen LogP contribution in [0.4, 0.5) is 0 Å². The molecule has 3 rings (SSSR count). The van der Waals surface area contributed by atoms with Crippen molar-refractivity contribution in [2.24, 2.45) is 0 Å². The summed E-state index contributed by atoms with van der Waals surface area (Å²) >= 11 is 0. The van der Waals surface area contributed by atoms with Crippen LogP contribution in [0.2, 0.25) is 0 Å². The molecule has 1 N–H and O–H groups in total. The summed E-state index contributed by atoms with van der Waals surface area (Å²) < 4.78 is 0. The number of nitrogens with zero attached hydrogens (tertiary/aromatic N) is 1. The maximum absolute atomic E-state index is 4.37. The quantitative estimate of drug-likeness (QED) is 0.875. The molecule has 2 nitrogen and oxygen atoms in total. The van der Waals surface area contributed by atoms with Crippen LogP contribution in [0.1, 0.15) is 48.5 Å². The minimum Gasteiger partial charge on any atom is -0.305 e. The van der Waals surface area contributed by atoms with Gasteiger partial charge in [-0.05, 0) is 48.9 Å². The Balaban J connectivity index is 1.56. The van der Waals surface area contributed by atoms with Gasteiger partial charge in [0.05, 0.1) is 5.69 Å². The maximum Gasteiger partial charge on any atom is 0.0570 e. The van der Waals surface area contributed by atoms with Crippen molar-refractivity contribution in [3.05, 3.63) is 65.5 Å². The minimum atomic E-state index is 0.282. The molecule has 1 heterocycles. The molecule has 1 aromatic heterocycles. The SMILES string of the molecule is C[C@@H](NCc1ccc(C2CC2)cc1)c1ccccn1. The lowest BCUT2D eigenvalue weighted by Gasteiger charge is -2.13. The first-order chi connectivity index (χ1) is 9.33. The lowest BCUT2D eigenvalue weighted by atomic mass is 10.1. The van der Waals surface area contributed by atoms with Crippen molar-refractivity contribution < 1.29 is 0 Å². The van der Waals surface area contributed by atoms with Crippen molar-refractivity contribution in [3.8, 4) is 0 Å². The standard InChI is InChI=1S/C17H20N2/c1-13(17-4-2-3-11-18-17)19-12-14-5-7-15(8-6-14)16-9-10-16/h2-8,11,13,16,19H,9-10,12H2,1H3/t13-/m1/s1. The molecule has 0 bridgehead atoms. The molecular weight excluding hydrogens is 232 g/mol. The number of aromatic nitrogens is 1. The van der Waals surface area contributed by atoms with E-state index in [1.54, 1.807) is 0 Å². The molecule has 1 saturated carbocycles. The molecule has 0 aliphatic heterocycles. The Morgan fingerprint density at radius 2 is 1.95 bits per heavy atom. The van der Waals surface area contributed by atoms with Crippen LogP contribution in [0.15, 0.2) is 48.7 Å². The predicted octanol–water partition coefficient (Wildman–Crippen LogP) is 3.81. The van der Waals surface area contributed by atoms with Gasteiger partial charge in [-0.1, -0.05) is 30.3 Å². The Kier molecular flexibility index (Phi) is 3.60. The van der Waals surface area contributed by atoms with Crippen LogP contribution in [0.3, 0.4) is 0 Å². The fourth-order valence-corrected chi connectivity index (χ4v) is 2.33. The van der Waals surface area contributed by atoms with Gasteiger partial charge < -0.3 is 5.32 Å². The van der Waals surface area contributed by atoms with Crippen LogP contribution in [0, 0.1) is 0 Å². The summed E-state index contributed by atoms with van der Waals surface area (Å²) in [5.74, 6) is 0.842. The Labute approximate surface area is 114 Å². The summed E-state index contributed by atoms with van der Waals surface area (Å²) in [6, 6.07) is 15.4. The first-order valence-electron chi connectivity index (χ1n) is 7.06. The third-order valence-corrected chi connectivity index (χ3v) is 3.77. The van der Waals surface area contributed by atoms with Gasteiger partial charge in [0.2, 0.25) is 0 Å². The summed E-state index contributed by atoms with van der Waals surface area (Å²) in [5.41, 5.74) is 3.94. The van der Waals surface area contributed by atoms with E-state index in [4.69, 9.17) is 0 Å². The lowest BCUT2D eigenvalue weighted by molar-refractivity contribution is 0.561. The van der Waals surface area contributed by atoms with Crippen LogP contribution < -0.4 is 5.32 Å². The molecule has 1 aliphatic rings. The molecular formula is C17H20N2. The average Bonchev–Trinajstić information content (AvgIpc) is 3.31. The van der Waals surface area contributed by atoms with E-state index in [9.17, 15) is 0 Å². The monoisotopic (exact) mass is 252 g/mol. The summed E-state index contributed by atoms with van der Waals surface area (Å²) in [4.78, 5) is 4.37. The largest absolute Gasteiger partial charge is 0.305 e. The highest BCUT2D eigenvalue weighted by molar-refractivity contribution is 5.28. The van der Waals surface area contributed by atoms with E-state index >= 15 is 0 Å². The number of nitrogens with one attached hydrogen (secondary N) is 1. The molecule has 1 atom stereocenters. The van der Waals surface area contributed by atoms with E-state index in [-0.39, 0.29) is 6.04 Å². The molecule has 0 spiro atoms. The first kappa shape index (κ1) is 12.4. The van der Waals surface area contributed by atoms with Crippen LogP contribution in [-0.2, 0) is 6.54 Å². The van der Waals surface area contributed by atoms with E-state index < -0.39 is 0 Å². The van der Waals surface area contributed by atoms with Gasteiger partial charge in [0.15, 0.2) is 0 Å². The number of hydrogen-bond acceptors (Lipinski definition) is 2. The van der Waals surface area contributed by atoms with E-state index in [1.165, 1.54) is 24.0 Å². The van der Waals surface area contributed by atoms with Crippen LogP contribution >= 0.6 is 0 Å². The molecule has 1 fully saturated rings. The topological polar surface area (TPSA) is 24.9 Å². The molecule has 2 heteroatoms. The van der Waals surface area contributed by atoms with Crippen molar-refractivity contribution in [2.75, 3.05) is 0 Å². The number of benzene rings is 1.